The first-order chi connectivity index (χ1) is 8.49. The molecule has 0 bridgehead atoms. The van der Waals surface area contributed by atoms with Crippen LogP contribution in [-0.4, -0.2) is 17.5 Å². The van der Waals surface area contributed by atoms with E-state index in [1.807, 2.05) is 6.92 Å². The van der Waals surface area contributed by atoms with Crippen LogP contribution in [0.4, 0.5) is 11.4 Å². The van der Waals surface area contributed by atoms with Gasteiger partial charge in [0.2, 0.25) is 0 Å². The number of anilines is 1. The number of hydrogen-bond acceptors (Lipinski definition) is 4. The van der Waals surface area contributed by atoms with Gasteiger partial charge in [0.15, 0.2) is 0 Å². The molecule has 1 rings (SSSR count). The molecule has 0 amide bonds. The molecular weight excluding hydrogens is 277 g/mol. The van der Waals surface area contributed by atoms with Gasteiger partial charge in [0, 0.05) is 24.7 Å². The molecule has 0 aliphatic rings. The summed E-state index contributed by atoms with van der Waals surface area (Å²) in [6.07, 6.45) is 1.84. The SMILES string of the molecule is CCCC(CN)Nc1c(Cl)cc([N+](=O)[O-])cc1Cl. The number of nitrogens with two attached hydrogens (primary N) is 1. The van der Waals surface area contributed by atoms with Gasteiger partial charge in [0.05, 0.1) is 20.7 Å². The molecule has 0 spiro atoms. The van der Waals surface area contributed by atoms with Gasteiger partial charge >= 0.3 is 0 Å². The minimum Gasteiger partial charge on any atom is -0.379 e. The number of benzene rings is 1. The molecule has 3 N–H and O–H groups in total. The van der Waals surface area contributed by atoms with Crippen molar-refractivity contribution in [3.05, 3.63) is 32.3 Å². The second-order valence-electron chi connectivity index (χ2n) is 3.91. The fourth-order valence-electron chi connectivity index (χ4n) is 1.60. The number of halogens is 2. The maximum absolute atomic E-state index is 10.6. The first kappa shape index (κ1) is 15.0. The molecule has 0 saturated heterocycles. The molecular formula is C11H15Cl2N3O2. The van der Waals surface area contributed by atoms with E-state index in [-0.39, 0.29) is 21.8 Å². The minimum absolute atomic E-state index is 0.0476. The van der Waals surface area contributed by atoms with Gasteiger partial charge in [0.1, 0.15) is 0 Å². The largest absolute Gasteiger partial charge is 0.379 e. The Morgan fingerprint density at radius 3 is 2.39 bits per heavy atom. The predicted octanol–water partition coefficient (Wildman–Crippen LogP) is 3.44. The molecule has 0 saturated carbocycles. The Balaban J connectivity index is 2.99. The van der Waals surface area contributed by atoms with Crippen molar-refractivity contribution in [3.8, 4) is 0 Å². The van der Waals surface area contributed by atoms with Gasteiger partial charge in [-0.1, -0.05) is 36.5 Å². The molecule has 0 heterocycles. The highest BCUT2D eigenvalue weighted by Gasteiger charge is 2.16. The van der Waals surface area contributed by atoms with Gasteiger partial charge in [-0.2, -0.15) is 0 Å². The first-order valence-corrected chi connectivity index (χ1v) is 6.35. The van der Waals surface area contributed by atoms with Crippen LogP contribution in [0.15, 0.2) is 12.1 Å². The second kappa shape index (κ2) is 6.78. The lowest BCUT2D eigenvalue weighted by Gasteiger charge is -2.19. The van der Waals surface area contributed by atoms with Gasteiger partial charge in [-0.05, 0) is 6.42 Å². The quantitative estimate of drug-likeness (QED) is 0.621. The summed E-state index contributed by atoms with van der Waals surface area (Å²) >= 11 is 12.0. The highest BCUT2D eigenvalue weighted by Crippen LogP contribution is 2.35. The fourth-order valence-corrected chi connectivity index (χ4v) is 2.19. The number of nitro benzene ring substituents is 1. The molecule has 7 heteroatoms. The summed E-state index contributed by atoms with van der Waals surface area (Å²) in [5, 5.41) is 14.2. The lowest BCUT2D eigenvalue weighted by Crippen LogP contribution is -2.28. The highest BCUT2D eigenvalue weighted by molar-refractivity contribution is 6.39. The molecule has 100 valence electrons. The first-order valence-electron chi connectivity index (χ1n) is 5.59. The third-order valence-electron chi connectivity index (χ3n) is 2.51. The van der Waals surface area contributed by atoms with Crippen LogP contribution in [-0.2, 0) is 0 Å². The van der Waals surface area contributed by atoms with Crippen molar-refractivity contribution in [2.45, 2.75) is 25.8 Å². The van der Waals surface area contributed by atoms with Crippen LogP contribution in [0.3, 0.4) is 0 Å². The van der Waals surface area contributed by atoms with Crippen molar-refractivity contribution in [1.29, 1.82) is 0 Å². The molecule has 5 nitrogen and oxygen atoms in total. The van der Waals surface area contributed by atoms with E-state index in [2.05, 4.69) is 5.32 Å². The van der Waals surface area contributed by atoms with Crippen molar-refractivity contribution < 1.29 is 4.92 Å². The monoisotopic (exact) mass is 291 g/mol. The Kier molecular flexibility index (Phi) is 5.65. The molecule has 1 aromatic rings. The maximum Gasteiger partial charge on any atom is 0.272 e. The number of hydrogen-bond donors (Lipinski definition) is 2. The van der Waals surface area contributed by atoms with Gasteiger partial charge in [0.25, 0.3) is 5.69 Å². The molecule has 0 aliphatic carbocycles. The Hall–Kier alpha value is -1.04. The van der Waals surface area contributed by atoms with E-state index in [1.165, 1.54) is 12.1 Å². The third kappa shape index (κ3) is 3.73. The van der Waals surface area contributed by atoms with E-state index in [9.17, 15) is 10.1 Å². The average Bonchev–Trinajstić information content (AvgIpc) is 2.31. The number of nitro groups is 1. The van der Waals surface area contributed by atoms with Crippen LogP contribution >= 0.6 is 23.2 Å². The number of non-ortho nitro benzene ring substituents is 1. The summed E-state index contributed by atoms with van der Waals surface area (Å²) in [6, 6.07) is 2.59. The third-order valence-corrected chi connectivity index (χ3v) is 3.10. The van der Waals surface area contributed by atoms with Crippen LogP contribution in [0.2, 0.25) is 10.0 Å². The van der Waals surface area contributed by atoms with Crippen molar-refractivity contribution >= 4 is 34.6 Å². The number of nitrogens with zero attached hydrogens (tertiary/aromatic N) is 1. The van der Waals surface area contributed by atoms with E-state index < -0.39 is 4.92 Å². The Labute approximate surface area is 115 Å². The Bertz CT molecular complexity index is 417. The zero-order valence-corrected chi connectivity index (χ0v) is 11.5. The molecule has 0 aromatic heterocycles. The summed E-state index contributed by atoms with van der Waals surface area (Å²) in [7, 11) is 0. The molecule has 1 unspecified atom stereocenters. The van der Waals surface area contributed by atoms with Crippen LogP contribution in [0.5, 0.6) is 0 Å². The van der Waals surface area contributed by atoms with Crippen LogP contribution < -0.4 is 11.1 Å². The zero-order valence-electron chi connectivity index (χ0n) is 9.95. The predicted molar refractivity (Wildman–Crippen MR) is 74.5 cm³/mol. The fraction of sp³-hybridized carbons (Fsp3) is 0.455. The van der Waals surface area contributed by atoms with Gasteiger partial charge in [-0.25, -0.2) is 0 Å². The molecule has 0 aliphatic heterocycles. The molecule has 1 atom stereocenters. The van der Waals surface area contributed by atoms with Gasteiger partial charge in [-0.3, -0.25) is 10.1 Å². The van der Waals surface area contributed by atoms with Crippen LogP contribution in [0.25, 0.3) is 0 Å². The van der Waals surface area contributed by atoms with E-state index in [0.717, 1.165) is 12.8 Å². The standard InChI is InChI=1S/C11H15Cl2N3O2/c1-2-3-7(6-14)15-11-9(12)4-8(16(17)18)5-10(11)13/h4-5,7,15H,2-3,6,14H2,1H3. The van der Waals surface area contributed by atoms with Crippen molar-refractivity contribution in [2.75, 3.05) is 11.9 Å². The maximum atomic E-state index is 10.6. The molecule has 0 radical (unpaired) electrons. The lowest BCUT2D eigenvalue weighted by atomic mass is 10.1. The minimum atomic E-state index is -0.534. The summed E-state index contributed by atoms with van der Waals surface area (Å²) in [6.45, 7) is 2.49. The molecule has 1 aromatic carbocycles. The summed E-state index contributed by atoms with van der Waals surface area (Å²) < 4.78 is 0. The van der Waals surface area contributed by atoms with Gasteiger partial charge < -0.3 is 11.1 Å². The topological polar surface area (TPSA) is 81.2 Å². The second-order valence-corrected chi connectivity index (χ2v) is 4.72. The van der Waals surface area contributed by atoms with Gasteiger partial charge in [-0.15, -0.1) is 0 Å². The van der Waals surface area contributed by atoms with Crippen molar-refractivity contribution in [3.63, 3.8) is 0 Å². The number of rotatable bonds is 6. The summed E-state index contributed by atoms with van der Waals surface area (Å²) in [5.74, 6) is 0. The Morgan fingerprint density at radius 2 is 2.00 bits per heavy atom. The smallest absolute Gasteiger partial charge is 0.272 e. The number of nitrogens with one attached hydrogen (secondary N) is 1. The summed E-state index contributed by atoms with van der Waals surface area (Å²) in [4.78, 5) is 10.1. The molecule has 0 fully saturated rings. The van der Waals surface area contributed by atoms with Crippen molar-refractivity contribution in [1.82, 2.24) is 0 Å². The van der Waals surface area contributed by atoms with E-state index >= 15 is 0 Å². The van der Waals surface area contributed by atoms with Crippen LogP contribution in [0, 0.1) is 10.1 Å². The average molecular weight is 292 g/mol. The highest BCUT2D eigenvalue weighted by atomic mass is 35.5. The normalized spacial score (nSPS) is 12.2. The van der Waals surface area contributed by atoms with Crippen molar-refractivity contribution in [2.24, 2.45) is 5.73 Å². The lowest BCUT2D eigenvalue weighted by molar-refractivity contribution is -0.384. The van der Waals surface area contributed by atoms with Crippen LogP contribution in [0.1, 0.15) is 19.8 Å². The Morgan fingerprint density at radius 1 is 1.44 bits per heavy atom. The summed E-state index contributed by atoms with van der Waals surface area (Å²) in [5.41, 5.74) is 5.99. The van der Waals surface area contributed by atoms with E-state index in [0.29, 0.717) is 12.2 Å². The van der Waals surface area contributed by atoms with E-state index in [4.69, 9.17) is 28.9 Å². The zero-order chi connectivity index (χ0) is 13.7. The van der Waals surface area contributed by atoms with E-state index in [1.54, 1.807) is 0 Å². The molecule has 18 heavy (non-hydrogen) atoms.